The fraction of sp³-hybridized carbons (Fsp3) is 0.172. The van der Waals surface area contributed by atoms with Crippen LogP contribution in [0.2, 0.25) is 0 Å². The molecule has 1 fully saturated rings. The van der Waals surface area contributed by atoms with Crippen LogP contribution in [-0.4, -0.2) is 57.3 Å². The van der Waals surface area contributed by atoms with Gasteiger partial charge in [0, 0.05) is 36.8 Å². The Morgan fingerprint density at radius 1 is 0.947 bits per heavy atom. The van der Waals surface area contributed by atoms with Crippen molar-refractivity contribution in [1.82, 2.24) is 25.1 Å². The summed E-state index contributed by atoms with van der Waals surface area (Å²) in [4.78, 5) is 24.3. The first-order chi connectivity index (χ1) is 18.7. The molecule has 3 aromatic heterocycles. The summed E-state index contributed by atoms with van der Waals surface area (Å²) in [6.45, 7) is 4.05. The lowest BCUT2D eigenvalue weighted by Gasteiger charge is -2.26. The van der Waals surface area contributed by atoms with Gasteiger partial charge < -0.3 is 14.8 Å². The lowest BCUT2D eigenvalue weighted by molar-refractivity contribution is 0.0336. The first kappa shape index (κ1) is 23.8. The van der Waals surface area contributed by atoms with Crippen molar-refractivity contribution in [2.24, 2.45) is 0 Å². The highest BCUT2D eigenvalue weighted by molar-refractivity contribution is 6.11. The van der Waals surface area contributed by atoms with Crippen molar-refractivity contribution in [2.75, 3.05) is 31.6 Å². The van der Waals surface area contributed by atoms with Gasteiger partial charge in [-0.1, -0.05) is 24.3 Å². The van der Waals surface area contributed by atoms with E-state index in [-0.39, 0.29) is 5.91 Å². The van der Waals surface area contributed by atoms with Crippen molar-refractivity contribution in [3.8, 4) is 22.6 Å². The predicted octanol–water partition coefficient (Wildman–Crippen LogP) is 4.90. The topological polar surface area (TPSA) is 105 Å². The number of para-hydroxylation sites is 1. The molecule has 5 aromatic rings. The van der Waals surface area contributed by atoms with E-state index in [9.17, 15) is 4.79 Å². The molecule has 190 valence electrons. The highest BCUT2D eigenvalue weighted by Gasteiger charge is 2.16. The van der Waals surface area contributed by atoms with E-state index < -0.39 is 0 Å². The third-order valence-corrected chi connectivity index (χ3v) is 6.38. The van der Waals surface area contributed by atoms with Gasteiger partial charge in [0.1, 0.15) is 11.5 Å². The van der Waals surface area contributed by atoms with Gasteiger partial charge in [-0.3, -0.25) is 24.8 Å². The van der Waals surface area contributed by atoms with Crippen molar-refractivity contribution < 1.29 is 14.3 Å². The number of benzene rings is 2. The molecule has 9 nitrogen and oxygen atoms in total. The molecule has 1 saturated heterocycles. The van der Waals surface area contributed by atoms with Crippen LogP contribution in [0.1, 0.15) is 16.2 Å². The maximum absolute atomic E-state index is 13.1. The minimum absolute atomic E-state index is 0.309. The molecule has 9 heteroatoms. The number of amides is 1. The minimum Gasteiger partial charge on any atom is -0.456 e. The maximum Gasteiger partial charge on any atom is 0.276 e. The molecule has 2 aromatic carbocycles. The largest absolute Gasteiger partial charge is 0.456 e. The summed E-state index contributed by atoms with van der Waals surface area (Å²) in [5.74, 6) is 1.05. The highest BCUT2D eigenvalue weighted by atomic mass is 16.5. The fourth-order valence-electron chi connectivity index (χ4n) is 4.39. The average Bonchev–Trinajstić information content (AvgIpc) is 3.39. The zero-order chi connectivity index (χ0) is 25.7. The Labute approximate surface area is 219 Å². The monoisotopic (exact) mass is 506 g/mol. The Balaban J connectivity index is 1.18. The van der Waals surface area contributed by atoms with Gasteiger partial charge in [-0.05, 0) is 48.0 Å². The van der Waals surface area contributed by atoms with Crippen molar-refractivity contribution >= 4 is 22.5 Å². The SMILES string of the molecule is O=C(Nc1ccc(CN2CCOCC2)nc1)c1n[nH]c2ccc(-c3cncc(Oc4ccccc4)c3)cc12. The summed E-state index contributed by atoms with van der Waals surface area (Å²) < 4.78 is 11.3. The molecule has 1 amide bonds. The molecule has 0 atom stereocenters. The third kappa shape index (κ3) is 5.39. The number of pyridine rings is 2. The van der Waals surface area contributed by atoms with Crippen LogP contribution in [0.15, 0.2) is 85.3 Å². The predicted molar refractivity (Wildman–Crippen MR) is 144 cm³/mol. The van der Waals surface area contributed by atoms with E-state index in [1.807, 2.05) is 66.7 Å². The molecule has 2 N–H and O–H groups in total. The Morgan fingerprint density at radius 3 is 2.63 bits per heavy atom. The Kier molecular flexibility index (Phi) is 6.75. The van der Waals surface area contributed by atoms with E-state index in [1.54, 1.807) is 18.6 Å². The number of H-pyrrole nitrogens is 1. The second-order valence-corrected chi connectivity index (χ2v) is 9.04. The molecule has 0 aliphatic carbocycles. The number of rotatable bonds is 7. The number of ether oxygens (including phenoxy) is 2. The Bertz CT molecular complexity index is 1550. The lowest BCUT2D eigenvalue weighted by atomic mass is 10.0. The lowest BCUT2D eigenvalue weighted by Crippen LogP contribution is -2.35. The summed E-state index contributed by atoms with van der Waals surface area (Å²) in [6.07, 6.45) is 5.12. The van der Waals surface area contributed by atoms with E-state index in [4.69, 9.17) is 9.47 Å². The summed E-state index contributed by atoms with van der Waals surface area (Å²) in [7, 11) is 0. The van der Waals surface area contributed by atoms with Crippen molar-refractivity contribution in [3.05, 3.63) is 96.7 Å². The molecular weight excluding hydrogens is 480 g/mol. The minimum atomic E-state index is -0.310. The van der Waals surface area contributed by atoms with Gasteiger partial charge in [0.25, 0.3) is 5.91 Å². The summed E-state index contributed by atoms with van der Waals surface area (Å²) >= 11 is 0. The quantitative estimate of drug-likeness (QED) is 0.324. The third-order valence-electron chi connectivity index (χ3n) is 6.38. The van der Waals surface area contributed by atoms with Gasteiger partial charge in [0.2, 0.25) is 0 Å². The molecule has 6 rings (SSSR count). The molecule has 1 aliphatic heterocycles. The van der Waals surface area contributed by atoms with Crippen LogP contribution >= 0.6 is 0 Å². The van der Waals surface area contributed by atoms with Gasteiger partial charge in [-0.15, -0.1) is 0 Å². The number of nitrogens with zero attached hydrogens (tertiary/aromatic N) is 4. The Morgan fingerprint density at radius 2 is 1.82 bits per heavy atom. The number of morpholine rings is 1. The van der Waals surface area contributed by atoms with Crippen LogP contribution < -0.4 is 10.1 Å². The molecule has 1 aliphatic rings. The zero-order valence-corrected chi connectivity index (χ0v) is 20.6. The number of hydrogen-bond acceptors (Lipinski definition) is 7. The number of aromatic nitrogens is 4. The number of carbonyl (C=O) groups is 1. The van der Waals surface area contributed by atoms with E-state index >= 15 is 0 Å². The first-order valence-electron chi connectivity index (χ1n) is 12.4. The van der Waals surface area contributed by atoms with Gasteiger partial charge >= 0.3 is 0 Å². The second kappa shape index (κ2) is 10.8. The molecule has 4 heterocycles. The van der Waals surface area contributed by atoms with Crippen molar-refractivity contribution in [2.45, 2.75) is 6.54 Å². The van der Waals surface area contributed by atoms with E-state index in [2.05, 4.69) is 30.4 Å². The smallest absolute Gasteiger partial charge is 0.276 e. The van der Waals surface area contributed by atoms with Gasteiger partial charge in [-0.2, -0.15) is 5.10 Å². The van der Waals surface area contributed by atoms with Gasteiger partial charge in [0.15, 0.2) is 5.69 Å². The number of hydrogen-bond donors (Lipinski definition) is 2. The summed E-state index contributed by atoms with van der Waals surface area (Å²) in [5, 5.41) is 10.9. The van der Waals surface area contributed by atoms with E-state index in [0.717, 1.165) is 60.9 Å². The highest BCUT2D eigenvalue weighted by Crippen LogP contribution is 2.29. The molecule has 0 spiro atoms. The molecular formula is C29H26N6O3. The molecule has 0 bridgehead atoms. The normalized spacial score (nSPS) is 13.9. The van der Waals surface area contributed by atoms with E-state index in [1.165, 1.54) is 0 Å². The van der Waals surface area contributed by atoms with Gasteiger partial charge in [0.05, 0.1) is 42.5 Å². The fourth-order valence-corrected chi connectivity index (χ4v) is 4.39. The molecule has 0 saturated carbocycles. The van der Waals surface area contributed by atoms with E-state index in [0.29, 0.717) is 22.5 Å². The standard InChI is InChI=1S/C29H26N6O3/c36-29(32-22-7-8-23(31-17-22)19-35-10-12-37-13-11-35)28-26-15-20(6-9-27(26)33-34-28)21-14-25(18-30-16-21)38-24-4-2-1-3-5-24/h1-9,14-18H,10-13,19H2,(H,32,36)(H,33,34). The van der Waals surface area contributed by atoms with Crippen molar-refractivity contribution in [3.63, 3.8) is 0 Å². The molecule has 0 radical (unpaired) electrons. The number of carbonyl (C=O) groups excluding carboxylic acids is 1. The Hall–Kier alpha value is -4.60. The number of anilines is 1. The number of fused-ring (bicyclic) bond motifs is 1. The average molecular weight is 507 g/mol. The number of aromatic amines is 1. The number of nitrogens with one attached hydrogen (secondary N) is 2. The van der Waals surface area contributed by atoms with Crippen LogP contribution in [0.3, 0.4) is 0 Å². The molecule has 38 heavy (non-hydrogen) atoms. The van der Waals surface area contributed by atoms with Crippen LogP contribution in [0.4, 0.5) is 5.69 Å². The van der Waals surface area contributed by atoms with Crippen LogP contribution in [0, 0.1) is 0 Å². The first-order valence-corrected chi connectivity index (χ1v) is 12.4. The second-order valence-electron chi connectivity index (χ2n) is 9.04. The summed E-state index contributed by atoms with van der Waals surface area (Å²) in [5.41, 5.74) is 4.40. The van der Waals surface area contributed by atoms with Crippen molar-refractivity contribution in [1.29, 1.82) is 0 Å². The molecule has 0 unspecified atom stereocenters. The zero-order valence-electron chi connectivity index (χ0n) is 20.6. The van der Waals surface area contributed by atoms with Crippen LogP contribution in [0.5, 0.6) is 11.5 Å². The van der Waals surface area contributed by atoms with Crippen LogP contribution in [-0.2, 0) is 11.3 Å². The summed E-state index contributed by atoms with van der Waals surface area (Å²) in [6, 6.07) is 21.1. The van der Waals surface area contributed by atoms with Gasteiger partial charge in [-0.25, -0.2) is 0 Å². The van der Waals surface area contributed by atoms with Crippen LogP contribution in [0.25, 0.3) is 22.0 Å². The maximum atomic E-state index is 13.1.